The topological polar surface area (TPSA) is 83.2 Å². The zero-order valence-electron chi connectivity index (χ0n) is 16.1. The van der Waals surface area contributed by atoms with Gasteiger partial charge in [0, 0.05) is 44.5 Å². The summed E-state index contributed by atoms with van der Waals surface area (Å²) < 4.78 is 10.5. The maximum absolute atomic E-state index is 12.4. The van der Waals surface area contributed by atoms with Gasteiger partial charge in [-0.2, -0.15) is 0 Å². The largest absolute Gasteiger partial charge is 0.481 e. The Morgan fingerprint density at radius 2 is 2.00 bits per heavy atom. The number of methoxy groups -OCH3 is 1. The van der Waals surface area contributed by atoms with E-state index in [4.69, 9.17) is 14.1 Å². The van der Waals surface area contributed by atoms with Crippen molar-refractivity contribution >= 4 is 35.8 Å². The number of nitrogens with one attached hydrogen (secondary N) is 1. The number of nitrogens with zero attached hydrogens (tertiary/aromatic N) is 4. The van der Waals surface area contributed by atoms with Gasteiger partial charge in [-0.05, 0) is 25.1 Å². The Bertz CT molecular complexity index is 774. The van der Waals surface area contributed by atoms with Crippen LogP contribution in [0.3, 0.4) is 0 Å². The van der Waals surface area contributed by atoms with Crippen LogP contribution in [0, 0.1) is 0 Å². The molecule has 0 atom stereocenters. The first kappa shape index (κ1) is 22.0. The molecule has 8 nitrogen and oxygen atoms in total. The summed E-state index contributed by atoms with van der Waals surface area (Å²) in [5.74, 6) is 1.73. The second-order valence-corrected chi connectivity index (χ2v) is 6.10. The minimum atomic E-state index is -0.0679. The second kappa shape index (κ2) is 10.9. The third-order valence-electron chi connectivity index (χ3n) is 4.38. The van der Waals surface area contributed by atoms with Crippen molar-refractivity contribution in [2.75, 3.05) is 39.8 Å². The monoisotopic (exact) mass is 499 g/mol. The first-order chi connectivity index (χ1) is 13.2. The lowest BCUT2D eigenvalue weighted by atomic mass is 10.2. The number of guanidine groups is 1. The van der Waals surface area contributed by atoms with Gasteiger partial charge in [-0.3, -0.25) is 4.79 Å². The third kappa shape index (κ3) is 5.37. The van der Waals surface area contributed by atoms with Crippen molar-refractivity contribution in [3.05, 3.63) is 48.0 Å². The van der Waals surface area contributed by atoms with E-state index in [1.807, 2.05) is 24.0 Å². The molecule has 1 fully saturated rings. The predicted molar refractivity (Wildman–Crippen MR) is 117 cm³/mol. The molecule has 1 aliphatic heterocycles. The van der Waals surface area contributed by atoms with Crippen LogP contribution < -0.4 is 10.1 Å². The van der Waals surface area contributed by atoms with Gasteiger partial charge in [0.2, 0.25) is 5.88 Å². The van der Waals surface area contributed by atoms with Crippen molar-refractivity contribution in [2.45, 2.75) is 13.5 Å². The molecule has 28 heavy (non-hydrogen) atoms. The summed E-state index contributed by atoms with van der Waals surface area (Å²) in [5.41, 5.74) is 0.932. The van der Waals surface area contributed by atoms with Crippen molar-refractivity contribution in [3.63, 3.8) is 0 Å². The van der Waals surface area contributed by atoms with E-state index in [1.54, 1.807) is 25.4 Å². The molecular formula is C19H26IN5O3. The maximum atomic E-state index is 12.4. The van der Waals surface area contributed by atoms with E-state index >= 15 is 0 Å². The van der Waals surface area contributed by atoms with Crippen molar-refractivity contribution in [1.82, 2.24) is 20.1 Å². The number of furan rings is 1. The van der Waals surface area contributed by atoms with E-state index in [-0.39, 0.29) is 29.9 Å². The summed E-state index contributed by atoms with van der Waals surface area (Å²) in [7, 11) is 1.61. The molecule has 0 aliphatic carbocycles. The lowest BCUT2D eigenvalue weighted by Gasteiger charge is -2.36. The zero-order chi connectivity index (χ0) is 19.1. The molecular weight excluding hydrogens is 473 g/mol. The van der Waals surface area contributed by atoms with Gasteiger partial charge in [-0.1, -0.05) is 6.07 Å². The molecule has 2 aromatic heterocycles. The Hall–Kier alpha value is -2.30. The van der Waals surface area contributed by atoms with Crippen LogP contribution in [0.5, 0.6) is 5.88 Å². The fraction of sp³-hybridized carbons (Fsp3) is 0.421. The molecule has 0 radical (unpaired) electrons. The Morgan fingerprint density at radius 3 is 2.64 bits per heavy atom. The van der Waals surface area contributed by atoms with Crippen molar-refractivity contribution in [1.29, 1.82) is 0 Å². The first-order valence-corrected chi connectivity index (χ1v) is 9.06. The highest BCUT2D eigenvalue weighted by molar-refractivity contribution is 14.0. The highest BCUT2D eigenvalue weighted by Gasteiger charge is 2.25. The summed E-state index contributed by atoms with van der Waals surface area (Å²) in [5, 5.41) is 3.32. The van der Waals surface area contributed by atoms with Crippen LogP contribution in [0.15, 0.2) is 46.1 Å². The molecule has 2 aromatic rings. The minimum absolute atomic E-state index is 0. The molecule has 0 aromatic carbocycles. The second-order valence-electron chi connectivity index (χ2n) is 6.10. The number of hydrogen-bond donors (Lipinski definition) is 1. The van der Waals surface area contributed by atoms with Crippen LogP contribution in [-0.2, 0) is 6.54 Å². The number of amides is 1. The number of aliphatic imine (C=N–C) groups is 1. The van der Waals surface area contributed by atoms with Crippen LogP contribution >= 0.6 is 24.0 Å². The summed E-state index contributed by atoms with van der Waals surface area (Å²) in [6, 6.07) is 7.26. The van der Waals surface area contributed by atoms with Crippen molar-refractivity contribution in [3.8, 4) is 5.88 Å². The average molecular weight is 499 g/mol. The Balaban J connectivity index is 0.00000280. The predicted octanol–water partition coefficient (Wildman–Crippen LogP) is 2.22. The number of piperazine rings is 1. The van der Waals surface area contributed by atoms with E-state index in [2.05, 4.69) is 15.2 Å². The van der Waals surface area contributed by atoms with E-state index in [9.17, 15) is 4.79 Å². The summed E-state index contributed by atoms with van der Waals surface area (Å²) in [6.07, 6.45) is 3.22. The van der Waals surface area contributed by atoms with Gasteiger partial charge in [0.25, 0.3) is 5.91 Å². The fourth-order valence-electron chi connectivity index (χ4n) is 2.99. The van der Waals surface area contributed by atoms with Crippen LogP contribution in [0.4, 0.5) is 0 Å². The van der Waals surface area contributed by atoms with E-state index in [1.165, 1.54) is 6.26 Å². The number of rotatable bonds is 5. The maximum Gasteiger partial charge on any atom is 0.289 e. The SMILES string of the molecule is CCNC(=NCc1cccnc1OC)N1CCN(C(=O)c2ccco2)CC1.I. The Morgan fingerprint density at radius 1 is 1.25 bits per heavy atom. The number of halogens is 1. The summed E-state index contributed by atoms with van der Waals surface area (Å²) in [6.45, 7) is 5.96. The number of pyridine rings is 1. The molecule has 0 bridgehead atoms. The van der Waals surface area contributed by atoms with Crippen molar-refractivity contribution in [2.24, 2.45) is 4.99 Å². The Labute approximate surface area is 182 Å². The number of carbonyl (C=O) groups is 1. The van der Waals surface area contributed by atoms with E-state index in [0.29, 0.717) is 44.4 Å². The van der Waals surface area contributed by atoms with Gasteiger partial charge in [0.15, 0.2) is 11.7 Å². The number of carbonyl (C=O) groups excluding carboxylic acids is 1. The normalized spacial score (nSPS) is 14.4. The van der Waals surface area contributed by atoms with Crippen LogP contribution in [-0.4, -0.2) is 66.5 Å². The fourth-order valence-corrected chi connectivity index (χ4v) is 2.99. The van der Waals surface area contributed by atoms with Gasteiger partial charge in [-0.25, -0.2) is 9.98 Å². The number of aromatic nitrogens is 1. The van der Waals surface area contributed by atoms with Gasteiger partial charge < -0.3 is 24.3 Å². The first-order valence-electron chi connectivity index (χ1n) is 9.06. The molecule has 1 saturated heterocycles. The molecule has 152 valence electrons. The van der Waals surface area contributed by atoms with E-state index in [0.717, 1.165) is 18.1 Å². The molecule has 3 rings (SSSR count). The van der Waals surface area contributed by atoms with Gasteiger partial charge in [-0.15, -0.1) is 24.0 Å². The van der Waals surface area contributed by atoms with Crippen molar-refractivity contribution < 1.29 is 13.9 Å². The minimum Gasteiger partial charge on any atom is -0.481 e. The molecule has 9 heteroatoms. The molecule has 0 unspecified atom stereocenters. The lowest BCUT2D eigenvalue weighted by molar-refractivity contribution is 0.0657. The molecule has 1 amide bonds. The summed E-state index contributed by atoms with van der Waals surface area (Å²) in [4.78, 5) is 25.3. The van der Waals surface area contributed by atoms with Gasteiger partial charge in [0.05, 0.1) is 19.9 Å². The molecule has 0 spiro atoms. The third-order valence-corrected chi connectivity index (χ3v) is 4.38. The molecule has 1 N–H and O–H groups in total. The smallest absolute Gasteiger partial charge is 0.289 e. The van der Waals surface area contributed by atoms with Crippen LogP contribution in [0.1, 0.15) is 23.0 Å². The average Bonchev–Trinajstić information content (AvgIpc) is 3.26. The van der Waals surface area contributed by atoms with Crippen LogP contribution in [0.25, 0.3) is 0 Å². The number of ether oxygens (including phenoxy) is 1. The lowest BCUT2D eigenvalue weighted by Crippen LogP contribution is -2.53. The zero-order valence-corrected chi connectivity index (χ0v) is 18.5. The molecule has 0 saturated carbocycles. The standard InChI is InChI=1S/C19H25N5O3.HI/c1-3-20-19(22-14-15-6-4-8-21-17(15)26-2)24-11-9-23(10-12-24)18(25)16-7-5-13-27-16;/h4-8,13H,3,9-12,14H2,1-2H3,(H,20,22);1H. The Kier molecular flexibility index (Phi) is 8.55. The molecule has 3 heterocycles. The van der Waals surface area contributed by atoms with Gasteiger partial charge in [0.1, 0.15) is 0 Å². The highest BCUT2D eigenvalue weighted by atomic mass is 127. The van der Waals surface area contributed by atoms with Gasteiger partial charge >= 0.3 is 0 Å². The summed E-state index contributed by atoms with van der Waals surface area (Å²) >= 11 is 0. The number of hydrogen-bond acceptors (Lipinski definition) is 5. The quantitative estimate of drug-likeness (QED) is 0.386. The van der Waals surface area contributed by atoms with E-state index < -0.39 is 0 Å². The highest BCUT2D eigenvalue weighted by Crippen LogP contribution is 2.15. The van der Waals surface area contributed by atoms with Crippen LogP contribution in [0.2, 0.25) is 0 Å². The molecule has 1 aliphatic rings.